The van der Waals surface area contributed by atoms with Crippen LogP contribution in [0.5, 0.6) is 11.5 Å². The maximum absolute atomic E-state index is 11.5. The monoisotopic (exact) mass is 311 g/mol. The molecule has 118 valence electrons. The van der Waals surface area contributed by atoms with Gasteiger partial charge >= 0.3 is 0 Å². The molecule has 0 saturated carbocycles. The van der Waals surface area contributed by atoms with Gasteiger partial charge in [-0.05, 0) is 31.2 Å². The second-order valence-electron chi connectivity index (χ2n) is 5.19. The zero-order chi connectivity index (χ0) is 16.4. The minimum Gasteiger partial charge on any atom is -0.496 e. The normalized spacial score (nSPS) is 16.0. The quantitative estimate of drug-likeness (QED) is 0.812. The SMILES string of the molecule is COc1cccc(OC)c1C1=Nc2ccc(C)cc2C(C=O)O1. The summed E-state index contributed by atoms with van der Waals surface area (Å²) in [6, 6.07) is 11.2. The van der Waals surface area contributed by atoms with Crippen molar-refractivity contribution in [1.29, 1.82) is 0 Å². The van der Waals surface area contributed by atoms with Gasteiger partial charge in [0.1, 0.15) is 17.1 Å². The third-order valence-corrected chi connectivity index (χ3v) is 3.72. The molecule has 0 aromatic heterocycles. The van der Waals surface area contributed by atoms with Crippen LogP contribution in [0, 0.1) is 6.92 Å². The average molecular weight is 311 g/mol. The maximum atomic E-state index is 11.5. The smallest absolute Gasteiger partial charge is 0.230 e. The number of hydrogen-bond donors (Lipinski definition) is 0. The molecule has 3 rings (SSSR count). The van der Waals surface area contributed by atoms with Crippen molar-refractivity contribution >= 4 is 17.9 Å². The molecule has 1 atom stereocenters. The van der Waals surface area contributed by atoms with Crippen LogP contribution in [0.15, 0.2) is 41.4 Å². The van der Waals surface area contributed by atoms with Crippen LogP contribution in [-0.4, -0.2) is 26.4 Å². The van der Waals surface area contributed by atoms with Crippen molar-refractivity contribution in [2.45, 2.75) is 13.0 Å². The standard InChI is InChI=1S/C18H17NO4/c1-11-7-8-13-12(9-11)16(10-20)23-18(19-13)17-14(21-2)5-4-6-15(17)22-3/h4-10,16H,1-3H3. The molecule has 1 aliphatic rings. The molecule has 0 N–H and O–H groups in total. The van der Waals surface area contributed by atoms with Crippen LogP contribution >= 0.6 is 0 Å². The van der Waals surface area contributed by atoms with E-state index >= 15 is 0 Å². The van der Waals surface area contributed by atoms with E-state index in [4.69, 9.17) is 14.2 Å². The van der Waals surface area contributed by atoms with Crippen LogP contribution in [0.4, 0.5) is 5.69 Å². The number of fused-ring (bicyclic) bond motifs is 1. The molecule has 23 heavy (non-hydrogen) atoms. The van der Waals surface area contributed by atoms with Gasteiger partial charge in [-0.15, -0.1) is 0 Å². The Kier molecular flexibility index (Phi) is 4.02. The predicted octanol–water partition coefficient (Wildman–Crippen LogP) is 3.36. The van der Waals surface area contributed by atoms with Gasteiger partial charge < -0.3 is 14.2 Å². The van der Waals surface area contributed by atoms with E-state index in [-0.39, 0.29) is 0 Å². The minimum absolute atomic E-state index is 0.313. The van der Waals surface area contributed by atoms with Crippen LogP contribution in [-0.2, 0) is 9.53 Å². The van der Waals surface area contributed by atoms with Gasteiger partial charge in [0.2, 0.25) is 5.90 Å². The first-order chi connectivity index (χ1) is 11.2. The molecule has 5 heteroatoms. The van der Waals surface area contributed by atoms with Crippen molar-refractivity contribution in [3.8, 4) is 11.5 Å². The van der Waals surface area contributed by atoms with Gasteiger partial charge in [0, 0.05) is 5.56 Å². The number of rotatable bonds is 4. The Morgan fingerprint density at radius 1 is 1.13 bits per heavy atom. The lowest BCUT2D eigenvalue weighted by atomic mass is 10.0. The number of nitrogens with zero attached hydrogens (tertiary/aromatic N) is 1. The first kappa shape index (κ1) is 15.1. The van der Waals surface area contributed by atoms with Crippen molar-refractivity contribution in [2.75, 3.05) is 14.2 Å². The zero-order valence-electron chi connectivity index (χ0n) is 13.2. The first-order valence-corrected chi connectivity index (χ1v) is 7.20. The third kappa shape index (κ3) is 2.65. The number of ether oxygens (including phenoxy) is 3. The lowest BCUT2D eigenvalue weighted by Crippen LogP contribution is -2.19. The molecule has 2 aromatic rings. The molecule has 5 nitrogen and oxygen atoms in total. The highest BCUT2D eigenvalue weighted by molar-refractivity contribution is 6.03. The molecule has 0 bridgehead atoms. The zero-order valence-corrected chi connectivity index (χ0v) is 13.2. The van der Waals surface area contributed by atoms with Gasteiger partial charge in [-0.25, -0.2) is 4.99 Å². The molecule has 1 aliphatic heterocycles. The van der Waals surface area contributed by atoms with Gasteiger partial charge in [0.15, 0.2) is 12.4 Å². The summed E-state index contributed by atoms with van der Waals surface area (Å²) < 4.78 is 16.6. The summed E-state index contributed by atoms with van der Waals surface area (Å²) in [5, 5.41) is 0. The molecule has 0 aliphatic carbocycles. The van der Waals surface area contributed by atoms with Gasteiger partial charge in [-0.2, -0.15) is 0 Å². The molecule has 2 aromatic carbocycles. The van der Waals surface area contributed by atoms with Crippen molar-refractivity contribution < 1.29 is 19.0 Å². The van der Waals surface area contributed by atoms with Gasteiger partial charge in [-0.3, -0.25) is 4.79 Å². The Labute approximate surface area is 134 Å². The molecule has 0 saturated heterocycles. The Balaban J connectivity index is 2.18. The van der Waals surface area contributed by atoms with E-state index in [1.165, 1.54) is 0 Å². The molecule has 0 amide bonds. The van der Waals surface area contributed by atoms with Gasteiger partial charge in [0.05, 0.1) is 19.9 Å². The number of carbonyl (C=O) groups excluding carboxylic acids is 1. The van der Waals surface area contributed by atoms with Crippen LogP contribution < -0.4 is 9.47 Å². The van der Waals surface area contributed by atoms with E-state index in [1.807, 2.05) is 31.2 Å². The summed E-state index contributed by atoms with van der Waals surface area (Å²) in [5.74, 6) is 1.46. The Bertz CT molecular complexity index is 760. The van der Waals surface area contributed by atoms with Crippen molar-refractivity contribution in [1.82, 2.24) is 0 Å². The highest BCUT2D eigenvalue weighted by atomic mass is 16.5. The molecule has 0 fully saturated rings. The summed E-state index contributed by atoms with van der Waals surface area (Å²) in [5.41, 5.74) is 3.11. The third-order valence-electron chi connectivity index (χ3n) is 3.72. The summed E-state index contributed by atoms with van der Waals surface area (Å²) >= 11 is 0. The van der Waals surface area contributed by atoms with Crippen LogP contribution in [0.2, 0.25) is 0 Å². The summed E-state index contributed by atoms with van der Waals surface area (Å²) in [4.78, 5) is 16.0. The second-order valence-corrected chi connectivity index (χ2v) is 5.19. The average Bonchev–Trinajstić information content (AvgIpc) is 2.60. The number of carbonyl (C=O) groups is 1. The first-order valence-electron chi connectivity index (χ1n) is 7.20. The Morgan fingerprint density at radius 3 is 2.43 bits per heavy atom. The van der Waals surface area contributed by atoms with Crippen LogP contribution in [0.1, 0.15) is 22.8 Å². The highest BCUT2D eigenvalue weighted by Crippen LogP contribution is 2.38. The van der Waals surface area contributed by atoms with E-state index in [1.54, 1.807) is 26.4 Å². The van der Waals surface area contributed by atoms with Crippen LogP contribution in [0.3, 0.4) is 0 Å². The molecular weight excluding hydrogens is 294 g/mol. The summed E-state index contributed by atoms with van der Waals surface area (Å²) in [7, 11) is 3.13. The molecule has 1 heterocycles. The van der Waals surface area contributed by atoms with Gasteiger partial charge in [0.25, 0.3) is 0 Å². The van der Waals surface area contributed by atoms with E-state index in [2.05, 4.69) is 4.99 Å². The fourth-order valence-electron chi connectivity index (χ4n) is 2.60. The molecule has 0 spiro atoms. The van der Waals surface area contributed by atoms with Crippen LogP contribution in [0.25, 0.3) is 0 Å². The van der Waals surface area contributed by atoms with E-state index in [0.29, 0.717) is 28.6 Å². The molecule has 1 unspecified atom stereocenters. The number of aryl methyl sites for hydroxylation is 1. The van der Waals surface area contributed by atoms with Crippen molar-refractivity contribution in [3.63, 3.8) is 0 Å². The molecule has 0 radical (unpaired) electrons. The Morgan fingerprint density at radius 2 is 1.83 bits per heavy atom. The minimum atomic E-state index is -0.702. The molecular formula is C18H17NO4. The number of methoxy groups -OCH3 is 2. The summed E-state index contributed by atoms with van der Waals surface area (Å²) in [6.07, 6.45) is 0.0708. The van der Waals surface area contributed by atoms with E-state index in [9.17, 15) is 4.79 Å². The highest BCUT2D eigenvalue weighted by Gasteiger charge is 2.28. The lowest BCUT2D eigenvalue weighted by molar-refractivity contribution is -0.114. The number of aldehydes is 1. The number of benzene rings is 2. The van der Waals surface area contributed by atoms with Crippen molar-refractivity contribution in [3.05, 3.63) is 53.1 Å². The number of aliphatic imine (C=N–C) groups is 1. The summed E-state index contributed by atoms with van der Waals surface area (Å²) in [6.45, 7) is 1.96. The largest absolute Gasteiger partial charge is 0.496 e. The second kappa shape index (κ2) is 6.12. The predicted molar refractivity (Wildman–Crippen MR) is 86.8 cm³/mol. The van der Waals surface area contributed by atoms with E-state index < -0.39 is 6.10 Å². The fraction of sp³-hybridized carbons (Fsp3) is 0.222. The topological polar surface area (TPSA) is 57.1 Å². The van der Waals surface area contributed by atoms with Crippen molar-refractivity contribution in [2.24, 2.45) is 4.99 Å². The van der Waals surface area contributed by atoms with E-state index in [0.717, 1.165) is 17.4 Å². The lowest BCUT2D eigenvalue weighted by Gasteiger charge is -2.24. The fourth-order valence-corrected chi connectivity index (χ4v) is 2.60. The number of hydrogen-bond acceptors (Lipinski definition) is 5. The van der Waals surface area contributed by atoms with Gasteiger partial charge in [-0.1, -0.05) is 17.7 Å². The Hall–Kier alpha value is -2.82. The maximum Gasteiger partial charge on any atom is 0.230 e.